The number of rotatable bonds is 8. The minimum absolute atomic E-state index is 0.0980. The molecule has 1 fully saturated rings. The number of sulfonamides is 1. The number of piperidine rings is 1. The van der Waals surface area contributed by atoms with Crippen LogP contribution in [0.5, 0.6) is 5.75 Å². The molecule has 1 unspecified atom stereocenters. The molecule has 0 saturated carbocycles. The zero-order chi connectivity index (χ0) is 20.9. The van der Waals surface area contributed by atoms with Crippen molar-refractivity contribution in [1.29, 1.82) is 0 Å². The molecule has 2 heterocycles. The van der Waals surface area contributed by atoms with E-state index in [1.54, 1.807) is 18.3 Å². The number of carbonyl (C=O) groups is 1. The van der Waals surface area contributed by atoms with E-state index in [4.69, 9.17) is 4.74 Å². The predicted molar refractivity (Wildman–Crippen MR) is 109 cm³/mol. The number of amides is 1. The molecule has 1 amide bonds. The molecular formula is C20H28N4O4S. The molecule has 0 aliphatic carbocycles. The van der Waals surface area contributed by atoms with E-state index in [0.29, 0.717) is 31.8 Å². The lowest BCUT2D eigenvalue weighted by Crippen LogP contribution is -2.43. The van der Waals surface area contributed by atoms with Crippen LogP contribution in [0.15, 0.2) is 41.6 Å². The fraction of sp³-hybridized carbons (Fsp3) is 0.500. The first-order chi connectivity index (χ1) is 13.9. The number of hydrogen-bond donors (Lipinski definition) is 1. The van der Waals surface area contributed by atoms with Gasteiger partial charge in [0.25, 0.3) is 0 Å². The van der Waals surface area contributed by atoms with Gasteiger partial charge in [0.1, 0.15) is 11.6 Å². The van der Waals surface area contributed by atoms with Gasteiger partial charge in [-0.3, -0.25) is 4.79 Å². The topological polar surface area (TPSA) is 93.5 Å². The van der Waals surface area contributed by atoms with Crippen molar-refractivity contribution in [3.63, 3.8) is 0 Å². The van der Waals surface area contributed by atoms with E-state index in [0.717, 1.165) is 25.2 Å². The Morgan fingerprint density at radius 1 is 1.31 bits per heavy atom. The van der Waals surface area contributed by atoms with Crippen LogP contribution in [0, 0.1) is 12.8 Å². The number of aryl methyl sites for hydroxylation is 2. The molecule has 2 aromatic rings. The third-order valence-electron chi connectivity index (χ3n) is 5.29. The Morgan fingerprint density at radius 3 is 2.72 bits per heavy atom. The maximum absolute atomic E-state index is 12.6. The van der Waals surface area contributed by atoms with Crippen LogP contribution in [-0.2, 0) is 21.4 Å². The van der Waals surface area contributed by atoms with Gasteiger partial charge in [-0.25, -0.2) is 18.1 Å². The number of nitrogens with one attached hydrogen (secondary N) is 1. The van der Waals surface area contributed by atoms with Crippen molar-refractivity contribution in [3.8, 4) is 5.75 Å². The molecule has 1 aliphatic heterocycles. The maximum Gasteiger partial charge on any atom is 0.240 e. The normalized spacial score (nSPS) is 17.3. The van der Waals surface area contributed by atoms with Crippen LogP contribution in [0.1, 0.15) is 25.1 Å². The van der Waals surface area contributed by atoms with Gasteiger partial charge in [0.2, 0.25) is 15.9 Å². The average molecular weight is 421 g/mol. The number of hydrogen-bond acceptors (Lipinski definition) is 5. The number of methoxy groups -OCH3 is 1. The number of benzene rings is 1. The Balaban J connectivity index is 1.51. The van der Waals surface area contributed by atoms with Gasteiger partial charge in [-0.1, -0.05) is 0 Å². The average Bonchev–Trinajstić information content (AvgIpc) is 3.15. The van der Waals surface area contributed by atoms with E-state index in [9.17, 15) is 13.2 Å². The summed E-state index contributed by atoms with van der Waals surface area (Å²) in [6.07, 6.45) is 5.79. The Labute approximate surface area is 171 Å². The number of aromatic nitrogens is 2. The summed E-state index contributed by atoms with van der Waals surface area (Å²) in [5.74, 6) is 1.70. The highest BCUT2D eigenvalue weighted by Gasteiger charge is 2.25. The van der Waals surface area contributed by atoms with Crippen molar-refractivity contribution in [2.24, 2.45) is 5.92 Å². The highest BCUT2D eigenvalue weighted by atomic mass is 32.2. The second-order valence-electron chi connectivity index (χ2n) is 7.29. The molecule has 1 N–H and O–H groups in total. The first-order valence-corrected chi connectivity index (χ1v) is 11.3. The van der Waals surface area contributed by atoms with Crippen molar-refractivity contribution in [3.05, 3.63) is 42.5 Å². The molecule has 9 heteroatoms. The van der Waals surface area contributed by atoms with E-state index in [1.807, 2.05) is 22.6 Å². The number of imidazole rings is 1. The molecule has 0 radical (unpaired) electrons. The summed E-state index contributed by atoms with van der Waals surface area (Å²) in [7, 11) is -2.05. The minimum Gasteiger partial charge on any atom is -0.497 e. The molecule has 29 heavy (non-hydrogen) atoms. The molecule has 8 nitrogen and oxygen atoms in total. The lowest BCUT2D eigenvalue weighted by atomic mass is 9.98. The third-order valence-corrected chi connectivity index (χ3v) is 6.73. The second-order valence-corrected chi connectivity index (χ2v) is 9.06. The van der Waals surface area contributed by atoms with Crippen molar-refractivity contribution in [2.45, 2.75) is 37.6 Å². The molecule has 0 spiro atoms. The fourth-order valence-electron chi connectivity index (χ4n) is 3.54. The van der Waals surface area contributed by atoms with Crippen molar-refractivity contribution in [2.75, 3.05) is 26.7 Å². The molecule has 1 aromatic carbocycles. The quantitative estimate of drug-likeness (QED) is 0.703. The Morgan fingerprint density at radius 2 is 2.07 bits per heavy atom. The molecule has 158 valence electrons. The molecular weight excluding hydrogens is 392 g/mol. The molecule has 0 bridgehead atoms. The lowest BCUT2D eigenvalue weighted by Gasteiger charge is -2.33. The van der Waals surface area contributed by atoms with Gasteiger partial charge >= 0.3 is 0 Å². The van der Waals surface area contributed by atoms with E-state index in [-0.39, 0.29) is 16.7 Å². The van der Waals surface area contributed by atoms with Crippen molar-refractivity contribution in [1.82, 2.24) is 19.2 Å². The standard InChI is InChI=1S/C20H28N4O4S/c1-16-21-10-13-23(16)12-9-20(25)24-11-3-4-17(15-24)14-22-29(26,27)19-7-5-18(28-2)6-8-19/h5-8,10,13,17,22H,3-4,9,11-12,14-15H2,1-2H3. The Kier molecular flexibility index (Phi) is 6.92. The maximum atomic E-state index is 12.6. The number of carbonyl (C=O) groups excluding carboxylic acids is 1. The van der Waals surface area contributed by atoms with E-state index >= 15 is 0 Å². The zero-order valence-corrected chi connectivity index (χ0v) is 17.7. The van der Waals surface area contributed by atoms with Crippen molar-refractivity contribution >= 4 is 15.9 Å². The zero-order valence-electron chi connectivity index (χ0n) is 16.9. The highest BCUT2D eigenvalue weighted by Crippen LogP contribution is 2.19. The molecule has 1 aromatic heterocycles. The Bertz CT molecular complexity index is 924. The van der Waals surface area contributed by atoms with Gasteiger partial charge in [-0.05, 0) is 49.9 Å². The highest BCUT2D eigenvalue weighted by molar-refractivity contribution is 7.89. The number of likely N-dealkylation sites (tertiary alicyclic amines) is 1. The third kappa shape index (κ3) is 5.57. The summed E-state index contributed by atoms with van der Waals surface area (Å²) in [5.41, 5.74) is 0. The van der Waals surface area contributed by atoms with Gasteiger partial charge in [0.05, 0.1) is 12.0 Å². The molecule has 1 aliphatic rings. The summed E-state index contributed by atoms with van der Waals surface area (Å²) in [5, 5.41) is 0. The van der Waals surface area contributed by atoms with E-state index in [2.05, 4.69) is 9.71 Å². The number of ether oxygens (including phenoxy) is 1. The van der Waals surface area contributed by atoms with Gasteiger partial charge in [-0.15, -0.1) is 0 Å². The van der Waals surface area contributed by atoms with E-state index < -0.39 is 10.0 Å². The molecule has 1 atom stereocenters. The summed E-state index contributed by atoms with van der Waals surface area (Å²) in [6, 6.07) is 6.29. The van der Waals surface area contributed by atoms with Crippen LogP contribution < -0.4 is 9.46 Å². The van der Waals surface area contributed by atoms with Gasteiger partial charge in [0, 0.05) is 45.0 Å². The van der Waals surface area contributed by atoms with Crippen LogP contribution in [0.2, 0.25) is 0 Å². The van der Waals surface area contributed by atoms with E-state index in [1.165, 1.54) is 19.2 Å². The first-order valence-electron chi connectivity index (χ1n) is 9.78. The lowest BCUT2D eigenvalue weighted by molar-refractivity contribution is -0.133. The molecule has 3 rings (SSSR count). The minimum atomic E-state index is -3.59. The van der Waals surface area contributed by atoms with Crippen LogP contribution in [0.25, 0.3) is 0 Å². The van der Waals surface area contributed by atoms with Gasteiger partial charge in [0.15, 0.2) is 0 Å². The van der Waals surface area contributed by atoms with Crippen LogP contribution in [0.3, 0.4) is 0 Å². The summed E-state index contributed by atoms with van der Waals surface area (Å²) in [6.45, 7) is 4.14. The van der Waals surface area contributed by atoms with Crippen LogP contribution in [-0.4, -0.2) is 55.5 Å². The monoisotopic (exact) mass is 420 g/mol. The van der Waals surface area contributed by atoms with Crippen molar-refractivity contribution < 1.29 is 17.9 Å². The summed E-state index contributed by atoms with van der Waals surface area (Å²) < 4.78 is 34.7. The van der Waals surface area contributed by atoms with Crippen LogP contribution >= 0.6 is 0 Å². The summed E-state index contributed by atoms with van der Waals surface area (Å²) >= 11 is 0. The molecule has 1 saturated heterocycles. The fourth-order valence-corrected chi connectivity index (χ4v) is 4.65. The summed E-state index contributed by atoms with van der Waals surface area (Å²) in [4.78, 5) is 18.8. The number of nitrogens with zero attached hydrogens (tertiary/aromatic N) is 3. The van der Waals surface area contributed by atoms with Gasteiger partial charge in [-0.2, -0.15) is 0 Å². The Hall–Kier alpha value is -2.39. The van der Waals surface area contributed by atoms with Gasteiger partial charge < -0.3 is 14.2 Å². The largest absolute Gasteiger partial charge is 0.497 e. The smallest absolute Gasteiger partial charge is 0.240 e. The first kappa shape index (κ1) is 21.3. The predicted octanol–water partition coefficient (Wildman–Crippen LogP) is 1.81. The SMILES string of the molecule is COc1ccc(S(=O)(=O)NCC2CCCN(C(=O)CCn3ccnc3C)C2)cc1. The van der Waals surface area contributed by atoms with Crippen LogP contribution in [0.4, 0.5) is 0 Å². The second kappa shape index (κ2) is 9.41.